The van der Waals surface area contributed by atoms with Crippen molar-refractivity contribution in [1.29, 1.82) is 0 Å². The van der Waals surface area contributed by atoms with Gasteiger partial charge in [-0.2, -0.15) is 0 Å². The number of rotatable bonds is 8. The summed E-state index contributed by atoms with van der Waals surface area (Å²) in [5, 5.41) is 12.8. The predicted molar refractivity (Wildman–Crippen MR) is 113 cm³/mol. The minimum absolute atomic E-state index is 0.175. The lowest BCUT2D eigenvalue weighted by atomic mass is 10.2. The van der Waals surface area contributed by atoms with E-state index in [1.54, 1.807) is 25.3 Å². The van der Waals surface area contributed by atoms with Crippen LogP contribution in [0.15, 0.2) is 53.7 Å². The molecule has 1 aromatic heterocycles. The van der Waals surface area contributed by atoms with Crippen LogP contribution in [0.4, 0.5) is 5.69 Å². The number of nitrogens with one attached hydrogen (secondary N) is 1. The second-order valence-electron chi connectivity index (χ2n) is 5.78. The maximum absolute atomic E-state index is 12.3. The number of hydrogen-bond donors (Lipinski definition) is 1. The van der Waals surface area contributed by atoms with Gasteiger partial charge in [0, 0.05) is 18.4 Å². The van der Waals surface area contributed by atoms with Gasteiger partial charge < -0.3 is 10.1 Å². The number of nitrogens with zero attached hydrogens (tertiary/aromatic N) is 3. The highest BCUT2D eigenvalue weighted by Gasteiger charge is 2.15. The summed E-state index contributed by atoms with van der Waals surface area (Å²) in [6, 6.07) is 14.7. The van der Waals surface area contributed by atoms with E-state index >= 15 is 0 Å². The van der Waals surface area contributed by atoms with E-state index in [0.717, 1.165) is 11.4 Å². The second kappa shape index (κ2) is 9.93. The van der Waals surface area contributed by atoms with Crippen molar-refractivity contribution in [3.05, 3.63) is 58.6 Å². The maximum atomic E-state index is 12.3. The van der Waals surface area contributed by atoms with Crippen molar-refractivity contribution in [2.75, 3.05) is 24.8 Å². The Hall–Kier alpha value is -2.06. The van der Waals surface area contributed by atoms with Gasteiger partial charge in [-0.3, -0.25) is 9.36 Å². The molecule has 1 heterocycles. The van der Waals surface area contributed by atoms with E-state index in [0.29, 0.717) is 34.0 Å². The Morgan fingerprint density at radius 3 is 2.64 bits per heavy atom. The molecule has 0 unspecified atom stereocenters. The standard InChI is InChI=1S/C19H18Cl2N4O2S/c1-27-10-9-25-18(13-5-3-2-4-6-13)23-24-19(25)28-12-17(26)22-14-7-8-15(20)16(21)11-14/h2-8,11H,9-10,12H2,1H3,(H,22,26). The normalized spacial score (nSPS) is 10.8. The minimum atomic E-state index is -0.175. The highest BCUT2D eigenvalue weighted by molar-refractivity contribution is 7.99. The summed E-state index contributed by atoms with van der Waals surface area (Å²) in [5.41, 5.74) is 1.55. The molecule has 1 N–H and O–H groups in total. The molecule has 0 radical (unpaired) electrons. The number of aromatic nitrogens is 3. The lowest BCUT2D eigenvalue weighted by Crippen LogP contribution is -2.15. The Labute approximate surface area is 177 Å². The summed E-state index contributed by atoms with van der Waals surface area (Å²) >= 11 is 13.2. The molecule has 0 aliphatic rings. The average Bonchev–Trinajstić information content (AvgIpc) is 3.11. The summed E-state index contributed by atoms with van der Waals surface area (Å²) in [4.78, 5) is 12.3. The molecule has 0 saturated heterocycles. The third kappa shape index (κ3) is 5.26. The maximum Gasteiger partial charge on any atom is 0.234 e. The number of thioether (sulfide) groups is 1. The van der Waals surface area contributed by atoms with Gasteiger partial charge in [-0.15, -0.1) is 10.2 Å². The van der Waals surface area contributed by atoms with Gasteiger partial charge in [0.25, 0.3) is 0 Å². The Balaban J connectivity index is 1.70. The Morgan fingerprint density at radius 1 is 1.14 bits per heavy atom. The van der Waals surface area contributed by atoms with Crippen molar-refractivity contribution < 1.29 is 9.53 Å². The van der Waals surface area contributed by atoms with E-state index in [2.05, 4.69) is 15.5 Å². The number of carbonyl (C=O) groups excluding carboxylic acids is 1. The highest BCUT2D eigenvalue weighted by Crippen LogP contribution is 2.26. The van der Waals surface area contributed by atoms with Gasteiger partial charge >= 0.3 is 0 Å². The van der Waals surface area contributed by atoms with Gasteiger partial charge in [0.05, 0.1) is 28.9 Å². The molecule has 3 rings (SSSR count). The third-order valence-corrected chi connectivity index (χ3v) is 5.51. The minimum Gasteiger partial charge on any atom is -0.383 e. The molecule has 2 aromatic carbocycles. The first-order chi connectivity index (χ1) is 13.6. The Bertz CT molecular complexity index is 950. The third-order valence-electron chi connectivity index (χ3n) is 3.80. The van der Waals surface area contributed by atoms with Crippen LogP contribution in [0.5, 0.6) is 0 Å². The van der Waals surface area contributed by atoms with E-state index in [1.807, 2.05) is 34.9 Å². The van der Waals surface area contributed by atoms with Crippen molar-refractivity contribution >= 4 is 46.6 Å². The van der Waals surface area contributed by atoms with Gasteiger partial charge in [0.2, 0.25) is 5.91 Å². The molecule has 0 aliphatic carbocycles. The molecule has 0 aliphatic heterocycles. The van der Waals surface area contributed by atoms with Crippen LogP contribution in [0.3, 0.4) is 0 Å². The molecule has 0 saturated carbocycles. The van der Waals surface area contributed by atoms with Crippen LogP contribution in [0, 0.1) is 0 Å². The first-order valence-corrected chi connectivity index (χ1v) is 10.2. The smallest absolute Gasteiger partial charge is 0.234 e. The number of amides is 1. The Morgan fingerprint density at radius 2 is 1.93 bits per heavy atom. The number of halogens is 2. The molecule has 146 valence electrons. The fraction of sp³-hybridized carbons (Fsp3) is 0.211. The van der Waals surface area contributed by atoms with E-state index in [1.165, 1.54) is 11.8 Å². The number of carbonyl (C=O) groups is 1. The van der Waals surface area contributed by atoms with E-state index in [4.69, 9.17) is 27.9 Å². The molecular formula is C19H18Cl2N4O2S. The lowest BCUT2D eigenvalue weighted by Gasteiger charge is -2.10. The number of anilines is 1. The molecule has 0 bridgehead atoms. The first kappa shape index (κ1) is 20.7. The van der Waals surface area contributed by atoms with Crippen LogP contribution < -0.4 is 5.32 Å². The zero-order valence-corrected chi connectivity index (χ0v) is 17.4. The number of hydrogen-bond acceptors (Lipinski definition) is 5. The van der Waals surface area contributed by atoms with Crippen molar-refractivity contribution in [2.45, 2.75) is 11.7 Å². The fourth-order valence-corrected chi connectivity index (χ4v) is 3.54. The highest BCUT2D eigenvalue weighted by atomic mass is 35.5. The summed E-state index contributed by atoms with van der Waals surface area (Å²) in [6.45, 7) is 1.10. The van der Waals surface area contributed by atoms with Gasteiger partial charge in [0.1, 0.15) is 0 Å². The van der Waals surface area contributed by atoms with Crippen LogP contribution in [0.25, 0.3) is 11.4 Å². The van der Waals surface area contributed by atoms with Crippen LogP contribution in [0.2, 0.25) is 10.0 Å². The van der Waals surface area contributed by atoms with Gasteiger partial charge in [-0.1, -0.05) is 65.3 Å². The fourth-order valence-electron chi connectivity index (χ4n) is 2.48. The molecule has 0 spiro atoms. The molecule has 28 heavy (non-hydrogen) atoms. The monoisotopic (exact) mass is 436 g/mol. The number of benzene rings is 2. The van der Waals surface area contributed by atoms with Crippen molar-refractivity contribution in [1.82, 2.24) is 14.8 Å². The van der Waals surface area contributed by atoms with Crippen molar-refractivity contribution in [2.24, 2.45) is 0 Å². The van der Waals surface area contributed by atoms with Gasteiger partial charge in [-0.25, -0.2) is 0 Å². The first-order valence-electron chi connectivity index (χ1n) is 8.43. The summed E-state index contributed by atoms with van der Waals surface area (Å²) in [6.07, 6.45) is 0. The summed E-state index contributed by atoms with van der Waals surface area (Å²) < 4.78 is 7.15. The second-order valence-corrected chi connectivity index (χ2v) is 7.54. The number of methoxy groups -OCH3 is 1. The topological polar surface area (TPSA) is 69.0 Å². The van der Waals surface area contributed by atoms with Crippen LogP contribution in [0.1, 0.15) is 0 Å². The quantitative estimate of drug-likeness (QED) is 0.521. The zero-order valence-electron chi connectivity index (χ0n) is 15.1. The molecule has 9 heteroatoms. The lowest BCUT2D eigenvalue weighted by molar-refractivity contribution is -0.113. The van der Waals surface area contributed by atoms with Crippen molar-refractivity contribution in [3.8, 4) is 11.4 Å². The van der Waals surface area contributed by atoms with E-state index in [9.17, 15) is 4.79 Å². The molecular weight excluding hydrogens is 419 g/mol. The molecule has 1 amide bonds. The van der Waals surface area contributed by atoms with Crippen LogP contribution in [-0.4, -0.2) is 40.1 Å². The van der Waals surface area contributed by atoms with E-state index in [-0.39, 0.29) is 11.7 Å². The molecule has 3 aromatic rings. The van der Waals surface area contributed by atoms with E-state index < -0.39 is 0 Å². The average molecular weight is 437 g/mol. The molecule has 6 nitrogen and oxygen atoms in total. The largest absolute Gasteiger partial charge is 0.383 e. The van der Waals surface area contributed by atoms with Crippen LogP contribution in [-0.2, 0) is 16.1 Å². The van der Waals surface area contributed by atoms with Crippen molar-refractivity contribution in [3.63, 3.8) is 0 Å². The van der Waals surface area contributed by atoms with Gasteiger partial charge in [-0.05, 0) is 18.2 Å². The zero-order chi connectivity index (χ0) is 19.9. The summed E-state index contributed by atoms with van der Waals surface area (Å²) in [5.74, 6) is 0.746. The SMILES string of the molecule is COCCn1c(SCC(=O)Nc2ccc(Cl)c(Cl)c2)nnc1-c1ccccc1. The van der Waals surface area contributed by atoms with Gasteiger partial charge in [0.15, 0.2) is 11.0 Å². The molecule has 0 atom stereocenters. The predicted octanol–water partition coefficient (Wildman–Crippen LogP) is 4.63. The Kier molecular flexibility index (Phi) is 7.33. The number of ether oxygens (including phenoxy) is 1. The molecule has 0 fully saturated rings. The summed E-state index contributed by atoms with van der Waals surface area (Å²) in [7, 11) is 1.64. The van der Waals surface area contributed by atoms with Crippen LogP contribution >= 0.6 is 35.0 Å².